The number of aromatic nitrogens is 1. The fourth-order valence-electron chi connectivity index (χ4n) is 2.49. The first-order valence-electron chi connectivity index (χ1n) is 7.73. The maximum Gasteiger partial charge on any atom is 0.199 e. The lowest BCUT2D eigenvalue weighted by Crippen LogP contribution is -2.24. The summed E-state index contributed by atoms with van der Waals surface area (Å²) < 4.78 is 12.2. The largest absolute Gasteiger partial charge is 0.465 e. The van der Waals surface area contributed by atoms with Gasteiger partial charge in [-0.2, -0.15) is 0 Å². The molecule has 4 nitrogen and oxygen atoms in total. The lowest BCUT2D eigenvalue weighted by atomic mass is 10.1. The minimum atomic E-state index is -0.170. The van der Waals surface area contributed by atoms with Crippen molar-refractivity contribution in [2.45, 2.75) is 32.0 Å². The van der Waals surface area contributed by atoms with Crippen LogP contribution in [0.4, 0.5) is 0 Å². The summed E-state index contributed by atoms with van der Waals surface area (Å²) in [4.78, 5) is 16.5. The van der Waals surface area contributed by atoms with E-state index < -0.39 is 0 Å². The van der Waals surface area contributed by atoms with Crippen LogP contribution in [0.5, 0.6) is 5.75 Å². The van der Waals surface area contributed by atoms with Crippen molar-refractivity contribution in [1.82, 2.24) is 4.98 Å². The fraction of sp³-hybridized carbons (Fsp3) is 0.333. The van der Waals surface area contributed by atoms with E-state index in [0.29, 0.717) is 5.56 Å². The van der Waals surface area contributed by atoms with Crippen LogP contribution in [0.25, 0.3) is 0 Å². The van der Waals surface area contributed by atoms with Crippen LogP contribution in [0.3, 0.4) is 0 Å². The number of hydrogen-bond acceptors (Lipinski definition) is 4. The number of carbonyl (C=O) groups is 1. The van der Waals surface area contributed by atoms with Crippen molar-refractivity contribution in [3.05, 3.63) is 58.3 Å². The Balaban J connectivity index is 1.60. The van der Waals surface area contributed by atoms with Crippen molar-refractivity contribution >= 4 is 21.7 Å². The molecule has 0 saturated carbocycles. The van der Waals surface area contributed by atoms with Crippen molar-refractivity contribution in [3.8, 4) is 5.75 Å². The van der Waals surface area contributed by atoms with Crippen molar-refractivity contribution in [3.63, 3.8) is 0 Å². The topological polar surface area (TPSA) is 48.4 Å². The quantitative estimate of drug-likeness (QED) is 0.735. The van der Waals surface area contributed by atoms with Crippen molar-refractivity contribution < 1.29 is 14.3 Å². The zero-order valence-corrected chi connectivity index (χ0v) is 14.3. The maximum atomic E-state index is 12.3. The van der Waals surface area contributed by atoms with Gasteiger partial charge >= 0.3 is 0 Å². The summed E-state index contributed by atoms with van der Waals surface area (Å²) in [6, 6.07) is 10.9. The second kappa shape index (κ2) is 7.70. The number of ether oxygens (including phenoxy) is 2. The number of carbonyl (C=O) groups excluding carboxylic acids is 1. The number of hydrogen-bond donors (Lipinski definition) is 0. The van der Waals surface area contributed by atoms with Gasteiger partial charge in [0.2, 0.25) is 0 Å². The zero-order chi connectivity index (χ0) is 16.1. The van der Waals surface area contributed by atoms with E-state index in [9.17, 15) is 4.79 Å². The molecule has 5 heteroatoms. The molecule has 2 aromatic rings. The summed E-state index contributed by atoms with van der Waals surface area (Å²) in [5.41, 5.74) is 1.41. The number of pyridine rings is 1. The van der Waals surface area contributed by atoms with Crippen LogP contribution < -0.4 is 4.74 Å². The molecule has 1 fully saturated rings. The molecule has 0 aliphatic carbocycles. The Hall–Kier alpha value is -1.72. The van der Waals surface area contributed by atoms with Gasteiger partial charge in [0.05, 0.1) is 13.0 Å². The Kier molecular flexibility index (Phi) is 5.41. The molecule has 2 heterocycles. The summed E-state index contributed by atoms with van der Waals surface area (Å²) in [7, 11) is 0. The summed E-state index contributed by atoms with van der Waals surface area (Å²) in [5.74, 6) is 0.769. The van der Waals surface area contributed by atoms with Crippen LogP contribution in [0, 0.1) is 0 Å². The number of rotatable bonds is 5. The molecule has 1 unspecified atom stereocenters. The summed E-state index contributed by atoms with van der Waals surface area (Å²) >= 11 is 3.39. The van der Waals surface area contributed by atoms with Gasteiger partial charge in [-0.05, 0) is 49.2 Å². The fourth-order valence-corrected chi connectivity index (χ4v) is 2.87. The maximum absolute atomic E-state index is 12.3. The number of halogens is 1. The zero-order valence-electron chi connectivity index (χ0n) is 12.7. The minimum Gasteiger partial charge on any atom is -0.465 e. The first-order valence-corrected chi connectivity index (χ1v) is 8.52. The lowest BCUT2D eigenvalue weighted by molar-refractivity contribution is -0.105. The molecular formula is C18H18BrNO3. The lowest BCUT2D eigenvalue weighted by Gasteiger charge is -2.23. The molecule has 0 radical (unpaired) electrons. The van der Waals surface area contributed by atoms with E-state index in [1.165, 1.54) is 0 Å². The van der Waals surface area contributed by atoms with E-state index in [4.69, 9.17) is 9.47 Å². The Morgan fingerprint density at radius 3 is 2.78 bits per heavy atom. The molecule has 0 N–H and O–H groups in total. The number of nitrogens with zero attached hydrogens (tertiary/aromatic N) is 1. The van der Waals surface area contributed by atoms with Crippen LogP contribution in [0.2, 0.25) is 0 Å². The SMILES string of the molecule is O=C(Cc1cc(Br)ccn1)c1ccc(OC2CCCCO2)cc1. The van der Waals surface area contributed by atoms with E-state index >= 15 is 0 Å². The molecule has 0 amide bonds. The third kappa shape index (κ3) is 4.62. The van der Waals surface area contributed by atoms with Gasteiger partial charge in [-0.1, -0.05) is 15.9 Å². The van der Waals surface area contributed by atoms with E-state index in [1.54, 1.807) is 18.3 Å². The Morgan fingerprint density at radius 2 is 2.09 bits per heavy atom. The highest BCUT2D eigenvalue weighted by molar-refractivity contribution is 9.10. The van der Waals surface area contributed by atoms with E-state index in [2.05, 4.69) is 20.9 Å². The first-order chi connectivity index (χ1) is 11.2. The second-order valence-corrected chi connectivity index (χ2v) is 6.42. The second-order valence-electron chi connectivity index (χ2n) is 5.50. The molecule has 23 heavy (non-hydrogen) atoms. The molecule has 3 rings (SSSR count). The normalized spacial score (nSPS) is 17.7. The molecule has 0 bridgehead atoms. The van der Waals surface area contributed by atoms with Gasteiger partial charge in [0.15, 0.2) is 12.1 Å². The smallest absolute Gasteiger partial charge is 0.199 e. The van der Waals surface area contributed by atoms with E-state index in [0.717, 1.165) is 41.8 Å². The standard InChI is InChI=1S/C18H18BrNO3/c19-14-8-9-20-15(11-14)12-17(21)13-4-6-16(7-5-13)23-18-3-1-2-10-22-18/h4-9,11,18H,1-3,10,12H2. The summed E-state index contributed by atoms with van der Waals surface area (Å²) in [6.45, 7) is 0.751. The molecular weight excluding hydrogens is 358 g/mol. The van der Waals surface area contributed by atoms with Crippen LogP contribution in [-0.2, 0) is 11.2 Å². The predicted molar refractivity (Wildman–Crippen MR) is 90.6 cm³/mol. The highest BCUT2D eigenvalue weighted by Gasteiger charge is 2.15. The molecule has 1 saturated heterocycles. The van der Waals surface area contributed by atoms with Gasteiger partial charge in [-0.25, -0.2) is 0 Å². The van der Waals surface area contributed by atoms with Gasteiger partial charge < -0.3 is 9.47 Å². The van der Waals surface area contributed by atoms with E-state index in [1.807, 2.05) is 24.3 Å². The highest BCUT2D eigenvalue weighted by Crippen LogP contribution is 2.20. The Bertz CT molecular complexity index is 666. The molecule has 1 atom stereocenters. The van der Waals surface area contributed by atoms with Gasteiger partial charge in [0.1, 0.15) is 5.75 Å². The predicted octanol–water partition coefficient (Wildman–Crippen LogP) is 4.17. The van der Waals surface area contributed by atoms with Crippen LogP contribution in [-0.4, -0.2) is 23.7 Å². The monoisotopic (exact) mass is 375 g/mol. The first kappa shape index (κ1) is 16.1. The van der Waals surface area contributed by atoms with Crippen LogP contribution >= 0.6 is 15.9 Å². The number of Topliss-reactive ketones (excluding diaryl/α,β-unsaturated/α-hetero) is 1. The average Bonchev–Trinajstić information content (AvgIpc) is 2.56. The minimum absolute atomic E-state index is 0.0380. The summed E-state index contributed by atoms with van der Waals surface area (Å²) in [5, 5.41) is 0. The van der Waals surface area contributed by atoms with Crippen LogP contribution in [0.15, 0.2) is 47.1 Å². The van der Waals surface area contributed by atoms with E-state index in [-0.39, 0.29) is 18.5 Å². The van der Waals surface area contributed by atoms with Gasteiger partial charge in [0, 0.05) is 28.3 Å². The number of ketones is 1. The Morgan fingerprint density at radius 1 is 1.26 bits per heavy atom. The van der Waals surface area contributed by atoms with Gasteiger partial charge in [-0.15, -0.1) is 0 Å². The van der Waals surface area contributed by atoms with Crippen molar-refractivity contribution in [1.29, 1.82) is 0 Å². The number of benzene rings is 1. The highest BCUT2D eigenvalue weighted by atomic mass is 79.9. The van der Waals surface area contributed by atoms with Crippen molar-refractivity contribution in [2.24, 2.45) is 0 Å². The summed E-state index contributed by atoms with van der Waals surface area (Å²) in [6.07, 6.45) is 4.93. The molecule has 1 aliphatic rings. The molecule has 120 valence electrons. The molecule has 1 aromatic heterocycles. The molecule has 1 aliphatic heterocycles. The third-order valence-electron chi connectivity index (χ3n) is 3.70. The molecule has 0 spiro atoms. The van der Waals surface area contributed by atoms with Crippen LogP contribution in [0.1, 0.15) is 35.3 Å². The Labute approximate surface area is 144 Å². The average molecular weight is 376 g/mol. The van der Waals surface area contributed by atoms with Crippen molar-refractivity contribution in [2.75, 3.05) is 6.61 Å². The third-order valence-corrected chi connectivity index (χ3v) is 4.20. The van der Waals surface area contributed by atoms with Gasteiger partial charge in [0.25, 0.3) is 0 Å². The van der Waals surface area contributed by atoms with Gasteiger partial charge in [-0.3, -0.25) is 9.78 Å². The molecule has 1 aromatic carbocycles.